The summed E-state index contributed by atoms with van der Waals surface area (Å²) in [6.07, 6.45) is 29.4. The van der Waals surface area contributed by atoms with Crippen LogP contribution in [0.25, 0.3) is 40.7 Å². The van der Waals surface area contributed by atoms with Crippen LogP contribution in [0.1, 0.15) is 153 Å². The van der Waals surface area contributed by atoms with Gasteiger partial charge in [-0.15, -0.1) is 22.7 Å². The van der Waals surface area contributed by atoms with Crippen LogP contribution in [0.15, 0.2) is 19.7 Å². The maximum absolute atomic E-state index is 5.01. The molecule has 48 heavy (non-hydrogen) atoms. The van der Waals surface area contributed by atoms with Gasteiger partial charge in [0.05, 0.1) is 17.3 Å². The number of unbranched alkanes of at least 4 members (excludes halogenated alkanes) is 18. The van der Waals surface area contributed by atoms with Crippen LogP contribution < -0.4 is 0 Å². The molecule has 0 aromatic carbocycles. The van der Waals surface area contributed by atoms with Crippen LogP contribution in [0.5, 0.6) is 0 Å². The Hall–Kier alpha value is -0.780. The summed E-state index contributed by atoms with van der Waals surface area (Å²) in [5, 5.41) is 2.06. The molecule has 0 aliphatic heterocycles. The third-order valence-corrected chi connectivity index (χ3v) is 14.7. The standard InChI is InChI=1S/C38H52Br2N4S4/c1-3-5-7-9-11-13-15-17-19-21-23-27-25-29(39)45-31(27)35-41-33-37(47-35)44-34-38(43-33)48-36(42-34)32-28(26-30(40)46-32)24-22-20-18-16-14-12-10-8-6-4-2/h25-26H,3-24H2,1-2H3. The predicted molar refractivity (Wildman–Crippen MR) is 222 cm³/mol. The lowest BCUT2D eigenvalue weighted by Crippen LogP contribution is -1.87. The molecule has 0 spiro atoms. The minimum absolute atomic E-state index is 0.741. The molecule has 5 rings (SSSR count). The van der Waals surface area contributed by atoms with E-state index >= 15 is 0 Å². The molecule has 0 aliphatic rings. The zero-order valence-corrected chi connectivity index (χ0v) is 35.3. The Morgan fingerprint density at radius 2 is 0.771 bits per heavy atom. The fourth-order valence-electron chi connectivity index (χ4n) is 6.42. The van der Waals surface area contributed by atoms with Crippen molar-refractivity contribution in [1.82, 2.24) is 19.9 Å². The number of aromatic nitrogens is 4. The summed E-state index contributed by atoms with van der Waals surface area (Å²) in [4.78, 5) is 24.2. The number of thiazole rings is 2. The van der Waals surface area contributed by atoms with Crippen molar-refractivity contribution in [2.75, 3.05) is 0 Å². The largest absolute Gasteiger partial charge is 0.214 e. The second kappa shape index (κ2) is 20.9. The minimum atomic E-state index is 0.741. The lowest BCUT2D eigenvalue weighted by molar-refractivity contribution is 0.556. The molecule has 4 nitrogen and oxygen atoms in total. The highest BCUT2D eigenvalue weighted by Crippen LogP contribution is 2.42. The fraction of sp³-hybridized carbons (Fsp3) is 0.632. The van der Waals surface area contributed by atoms with Crippen molar-refractivity contribution in [2.45, 2.75) is 155 Å². The molecule has 0 saturated carbocycles. The molecule has 0 atom stereocenters. The van der Waals surface area contributed by atoms with E-state index in [0.717, 1.165) is 43.8 Å². The molecule has 0 bridgehead atoms. The number of rotatable bonds is 24. The minimum Gasteiger partial charge on any atom is -0.214 e. The molecule has 10 heteroatoms. The van der Waals surface area contributed by atoms with Crippen LogP contribution in [0.4, 0.5) is 0 Å². The Labute approximate surface area is 321 Å². The molecular weight excluding hydrogens is 801 g/mol. The second-order valence-corrected chi connectivity index (χ2v) is 20.0. The van der Waals surface area contributed by atoms with E-state index in [0.29, 0.717) is 0 Å². The first-order valence-electron chi connectivity index (χ1n) is 18.6. The third-order valence-electron chi connectivity index (χ3n) is 9.14. The van der Waals surface area contributed by atoms with Crippen LogP contribution in [-0.2, 0) is 12.8 Å². The van der Waals surface area contributed by atoms with Crippen molar-refractivity contribution in [3.05, 3.63) is 30.8 Å². The Kier molecular flexibility index (Phi) is 16.8. The number of halogens is 2. The van der Waals surface area contributed by atoms with Crippen LogP contribution in [-0.4, -0.2) is 19.9 Å². The summed E-state index contributed by atoms with van der Waals surface area (Å²) in [5.41, 5.74) is 4.27. The van der Waals surface area contributed by atoms with Gasteiger partial charge in [-0.25, -0.2) is 19.9 Å². The van der Waals surface area contributed by atoms with Gasteiger partial charge >= 0.3 is 0 Å². The Morgan fingerprint density at radius 1 is 0.438 bits per heavy atom. The monoisotopic (exact) mass is 850 g/mol. The molecule has 262 valence electrons. The van der Waals surface area contributed by atoms with Gasteiger partial charge in [0.2, 0.25) is 0 Å². The first-order chi connectivity index (χ1) is 23.6. The van der Waals surface area contributed by atoms with Crippen molar-refractivity contribution in [2.24, 2.45) is 0 Å². The van der Waals surface area contributed by atoms with E-state index in [1.54, 1.807) is 45.3 Å². The number of nitrogens with zero attached hydrogens (tertiary/aromatic N) is 4. The van der Waals surface area contributed by atoms with Gasteiger partial charge in [-0.05, 0) is 80.8 Å². The van der Waals surface area contributed by atoms with Gasteiger partial charge in [-0.3, -0.25) is 0 Å². The summed E-state index contributed by atoms with van der Waals surface area (Å²) in [5.74, 6) is 0. The molecule has 0 aliphatic carbocycles. The van der Waals surface area contributed by atoms with Crippen LogP contribution >= 0.6 is 77.2 Å². The van der Waals surface area contributed by atoms with Gasteiger partial charge in [0.25, 0.3) is 0 Å². The summed E-state index contributed by atoms with van der Waals surface area (Å²) >= 11 is 14.4. The Morgan fingerprint density at radius 3 is 1.12 bits per heavy atom. The topological polar surface area (TPSA) is 51.6 Å². The molecule has 0 fully saturated rings. The molecule has 5 aromatic heterocycles. The van der Waals surface area contributed by atoms with Crippen molar-refractivity contribution >= 4 is 98.2 Å². The lowest BCUT2D eigenvalue weighted by Gasteiger charge is -2.03. The molecule has 0 amide bonds. The van der Waals surface area contributed by atoms with Crippen molar-refractivity contribution in [1.29, 1.82) is 0 Å². The normalized spacial score (nSPS) is 11.9. The van der Waals surface area contributed by atoms with Gasteiger partial charge in [-0.1, -0.05) is 152 Å². The van der Waals surface area contributed by atoms with Gasteiger partial charge in [-0.2, -0.15) is 0 Å². The van der Waals surface area contributed by atoms with Gasteiger partial charge < -0.3 is 0 Å². The number of thiophene rings is 2. The van der Waals surface area contributed by atoms with Crippen LogP contribution in [0.3, 0.4) is 0 Å². The molecule has 0 N–H and O–H groups in total. The summed E-state index contributed by atoms with van der Waals surface area (Å²) in [7, 11) is 0. The first kappa shape index (κ1) is 38.5. The second-order valence-electron chi connectivity index (χ2n) is 13.2. The van der Waals surface area contributed by atoms with E-state index in [1.807, 2.05) is 0 Å². The maximum atomic E-state index is 5.01. The Bertz CT molecular complexity index is 1500. The highest BCUT2D eigenvalue weighted by molar-refractivity contribution is 9.11. The van der Waals surface area contributed by atoms with Gasteiger partial charge in [0.1, 0.15) is 10.0 Å². The summed E-state index contributed by atoms with van der Waals surface area (Å²) in [6.45, 7) is 4.58. The highest BCUT2D eigenvalue weighted by atomic mass is 79.9. The first-order valence-corrected chi connectivity index (χ1v) is 23.4. The molecule has 5 aromatic rings. The lowest BCUT2D eigenvalue weighted by atomic mass is 10.0. The van der Waals surface area contributed by atoms with Crippen molar-refractivity contribution in [3.8, 4) is 19.8 Å². The smallest absolute Gasteiger partial charge is 0.191 e. The van der Waals surface area contributed by atoms with E-state index in [4.69, 9.17) is 19.9 Å². The summed E-state index contributed by atoms with van der Waals surface area (Å²) in [6, 6.07) is 4.58. The average Bonchev–Trinajstić information content (AvgIpc) is 3.86. The fourth-order valence-corrected chi connectivity index (χ4v) is 11.8. The number of fused-ring (bicyclic) bond motifs is 2. The van der Waals surface area contributed by atoms with Crippen molar-refractivity contribution in [3.63, 3.8) is 0 Å². The molecule has 0 saturated heterocycles. The van der Waals surface area contributed by atoms with Crippen molar-refractivity contribution < 1.29 is 0 Å². The van der Waals surface area contributed by atoms with E-state index in [2.05, 4.69) is 57.8 Å². The molecule has 0 radical (unpaired) electrons. The molecule has 5 heterocycles. The number of hydrogen-bond acceptors (Lipinski definition) is 8. The van der Waals surface area contributed by atoms with Crippen LogP contribution in [0.2, 0.25) is 0 Å². The average molecular weight is 853 g/mol. The molecule has 0 unspecified atom stereocenters. The third kappa shape index (κ3) is 11.6. The van der Waals surface area contributed by atoms with Gasteiger partial charge in [0, 0.05) is 0 Å². The number of aryl methyl sites for hydroxylation is 2. The SMILES string of the molecule is CCCCCCCCCCCCc1cc(Br)sc1-c1nc2nc3sc(-c4sc(Br)cc4CCCCCCCCCCCC)nc3nc2s1. The highest BCUT2D eigenvalue weighted by Gasteiger charge is 2.20. The Balaban J connectivity index is 1.15. The quantitative estimate of drug-likeness (QED) is 0.0580. The number of hydrogen-bond donors (Lipinski definition) is 0. The van der Waals surface area contributed by atoms with E-state index in [9.17, 15) is 0 Å². The zero-order chi connectivity index (χ0) is 33.6. The van der Waals surface area contributed by atoms with E-state index < -0.39 is 0 Å². The van der Waals surface area contributed by atoms with E-state index in [-0.39, 0.29) is 0 Å². The van der Waals surface area contributed by atoms with Gasteiger partial charge in [0.15, 0.2) is 21.0 Å². The molecular formula is C38H52Br2N4S4. The predicted octanol–water partition coefficient (Wildman–Crippen LogP) is 15.6. The summed E-state index contributed by atoms with van der Waals surface area (Å²) < 4.78 is 2.34. The maximum Gasteiger partial charge on any atom is 0.191 e. The van der Waals surface area contributed by atoms with Crippen LogP contribution in [0, 0.1) is 0 Å². The zero-order valence-electron chi connectivity index (χ0n) is 28.9. The van der Waals surface area contributed by atoms with E-state index in [1.165, 1.54) is 157 Å².